The fourth-order valence-corrected chi connectivity index (χ4v) is 4.65. The van der Waals surface area contributed by atoms with Crippen molar-refractivity contribution in [3.05, 3.63) is 86.1 Å². The molecule has 0 saturated heterocycles. The van der Waals surface area contributed by atoms with Crippen LogP contribution < -0.4 is 16.2 Å². The second kappa shape index (κ2) is 6.42. The molecule has 0 fully saturated rings. The first-order chi connectivity index (χ1) is 14.1. The van der Waals surface area contributed by atoms with Crippen LogP contribution in [0.25, 0.3) is 26.5 Å². The molecule has 0 unspecified atom stereocenters. The molecular weight excluding hydrogens is 388 g/mol. The van der Waals surface area contributed by atoms with Gasteiger partial charge in [0.25, 0.3) is 0 Å². The third kappa shape index (κ3) is 2.51. The lowest BCUT2D eigenvalue weighted by Gasteiger charge is -2.13. The Morgan fingerprint density at radius 1 is 0.966 bits per heavy atom. The van der Waals surface area contributed by atoms with Crippen LogP contribution in [0.1, 0.15) is 9.67 Å². The van der Waals surface area contributed by atoms with Crippen molar-refractivity contribution in [3.8, 4) is 5.69 Å². The number of nitrogens with zero attached hydrogens (tertiary/aromatic N) is 1. The Hall–Kier alpha value is -3.71. The van der Waals surface area contributed by atoms with Crippen molar-refractivity contribution in [2.45, 2.75) is 0 Å². The Bertz CT molecular complexity index is 1470. The molecule has 142 valence electrons. The molecule has 3 aromatic carbocycles. The summed E-state index contributed by atoms with van der Waals surface area (Å²) in [5, 5.41) is 4.77. The molecule has 0 bridgehead atoms. The number of carbonyl (C=O) groups is 1. The predicted molar refractivity (Wildman–Crippen MR) is 115 cm³/mol. The molecule has 6 nitrogen and oxygen atoms in total. The van der Waals surface area contributed by atoms with Crippen LogP contribution in [0.2, 0.25) is 0 Å². The van der Waals surface area contributed by atoms with Gasteiger partial charge >= 0.3 is 5.97 Å². The van der Waals surface area contributed by atoms with Gasteiger partial charge in [-0.05, 0) is 18.2 Å². The summed E-state index contributed by atoms with van der Waals surface area (Å²) in [5.74, 6) is -0.00920. The third-order valence-electron chi connectivity index (χ3n) is 4.90. The number of hydrogen-bond donors (Lipinski definition) is 1. The van der Waals surface area contributed by atoms with Crippen molar-refractivity contribution in [3.63, 3.8) is 0 Å². The van der Waals surface area contributed by atoms with Crippen molar-refractivity contribution < 1.29 is 9.53 Å². The van der Waals surface area contributed by atoms with Crippen molar-refractivity contribution in [1.29, 1.82) is 0 Å². The van der Waals surface area contributed by atoms with Gasteiger partial charge in [0, 0.05) is 22.0 Å². The maximum Gasteiger partial charge on any atom is 0.350 e. The van der Waals surface area contributed by atoms with Crippen LogP contribution in [-0.2, 0) is 4.74 Å². The van der Waals surface area contributed by atoms with Crippen LogP contribution in [0.15, 0.2) is 70.4 Å². The van der Waals surface area contributed by atoms with Crippen LogP contribution in [0, 0.1) is 0 Å². The quantitative estimate of drug-likeness (QED) is 0.364. The standard InChI is InChI=1S/C22H14N2O4S/c1-28-22(27)20-17(13-9-5-6-10-15(13)29-20)24-11-14-16(19(26)18(14)25)21(24)23-12-7-3-2-4-8-12/h2-11,23H,1H3. The van der Waals surface area contributed by atoms with Gasteiger partial charge in [-0.2, -0.15) is 0 Å². The van der Waals surface area contributed by atoms with E-state index in [0.29, 0.717) is 27.2 Å². The van der Waals surface area contributed by atoms with Crippen LogP contribution in [-0.4, -0.2) is 17.6 Å². The summed E-state index contributed by atoms with van der Waals surface area (Å²) in [7, 11) is 1.33. The monoisotopic (exact) mass is 402 g/mol. The predicted octanol–water partition coefficient (Wildman–Crippen LogP) is 3.97. The molecule has 2 heterocycles. The highest BCUT2D eigenvalue weighted by Gasteiger charge is 2.27. The summed E-state index contributed by atoms with van der Waals surface area (Å²) < 4.78 is 7.60. The Morgan fingerprint density at radius 2 is 1.69 bits per heavy atom. The summed E-state index contributed by atoms with van der Waals surface area (Å²) >= 11 is 1.31. The zero-order valence-corrected chi connectivity index (χ0v) is 16.1. The maximum absolute atomic E-state index is 12.5. The molecule has 0 amide bonds. The van der Waals surface area contributed by atoms with Gasteiger partial charge in [0.05, 0.1) is 23.6 Å². The molecule has 5 rings (SSSR count). The van der Waals surface area contributed by atoms with Gasteiger partial charge in [-0.15, -0.1) is 11.3 Å². The second-order valence-electron chi connectivity index (χ2n) is 6.55. The molecule has 1 N–H and O–H groups in total. The second-order valence-corrected chi connectivity index (χ2v) is 7.61. The van der Waals surface area contributed by atoms with Crippen molar-refractivity contribution in [2.24, 2.45) is 0 Å². The SMILES string of the molecule is COC(=O)c1sc2ccccc2c1-n1cc2c(=O)c(=O)c2c1Nc1ccccc1. The molecule has 0 aliphatic carbocycles. The molecule has 0 spiro atoms. The fourth-order valence-electron chi connectivity index (χ4n) is 3.54. The summed E-state index contributed by atoms with van der Waals surface area (Å²) in [6.07, 6.45) is 1.62. The Labute approximate surface area is 168 Å². The van der Waals surface area contributed by atoms with E-state index in [-0.39, 0.29) is 0 Å². The lowest BCUT2D eigenvalue weighted by atomic mass is 10.1. The van der Waals surface area contributed by atoms with E-state index in [1.165, 1.54) is 18.4 Å². The average molecular weight is 402 g/mol. The molecule has 5 aromatic rings. The van der Waals surface area contributed by atoms with Crippen molar-refractivity contribution in [1.82, 2.24) is 4.57 Å². The summed E-state index contributed by atoms with van der Waals surface area (Å²) in [4.78, 5) is 37.3. The largest absolute Gasteiger partial charge is 0.465 e. The van der Waals surface area contributed by atoms with Gasteiger partial charge in [-0.1, -0.05) is 36.4 Å². The number of para-hydroxylation sites is 1. The maximum atomic E-state index is 12.5. The van der Waals surface area contributed by atoms with E-state index < -0.39 is 16.8 Å². The molecule has 0 atom stereocenters. The Morgan fingerprint density at radius 3 is 2.45 bits per heavy atom. The minimum Gasteiger partial charge on any atom is -0.465 e. The van der Waals surface area contributed by atoms with Gasteiger partial charge in [0.2, 0.25) is 10.9 Å². The minimum absolute atomic E-state index is 0.338. The van der Waals surface area contributed by atoms with E-state index in [2.05, 4.69) is 5.32 Å². The van der Waals surface area contributed by atoms with Gasteiger partial charge in [-0.25, -0.2) is 4.79 Å². The number of anilines is 2. The highest BCUT2D eigenvalue weighted by molar-refractivity contribution is 7.21. The lowest BCUT2D eigenvalue weighted by Crippen LogP contribution is -2.29. The average Bonchev–Trinajstić information content (AvgIpc) is 3.30. The molecule has 0 aliphatic heterocycles. The summed E-state index contributed by atoms with van der Waals surface area (Å²) in [6, 6.07) is 16.9. The number of carbonyl (C=O) groups excluding carboxylic acids is 1. The van der Waals surface area contributed by atoms with E-state index >= 15 is 0 Å². The van der Waals surface area contributed by atoms with Crippen LogP contribution in [0.4, 0.5) is 11.5 Å². The Kier molecular flexibility index (Phi) is 3.85. The molecule has 0 radical (unpaired) electrons. The normalized spacial score (nSPS) is 11.3. The number of fused-ring (bicyclic) bond motifs is 2. The van der Waals surface area contributed by atoms with E-state index in [1.807, 2.05) is 54.6 Å². The molecule has 7 heteroatoms. The number of esters is 1. The molecule has 0 aliphatic rings. The Balaban J connectivity index is 1.84. The van der Waals surface area contributed by atoms with E-state index in [1.54, 1.807) is 10.8 Å². The molecule has 0 saturated carbocycles. The van der Waals surface area contributed by atoms with E-state index in [4.69, 9.17) is 4.74 Å². The minimum atomic E-state index is -0.531. The number of benzene rings is 2. The summed E-state index contributed by atoms with van der Waals surface area (Å²) in [6.45, 7) is 0. The number of hydrogen-bond acceptors (Lipinski definition) is 6. The highest BCUT2D eigenvalue weighted by atomic mass is 32.1. The smallest absolute Gasteiger partial charge is 0.350 e. The first-order valence-corrected chi connectivity index (χ1v) is 9.68. The van der Waals surface area contributed by atoms with Crippen molar-refractivity contribution >= 4 is 49.7 Å². The fraction of sp³-hybridized carbons (Fsp3) is 0.0455. The van der Waals surface area contributed by atoms with E-state index in [9.17, 15) is 14.4 Å². The number of aromatic nitrogens is 1. The zero-order valence-electron chi connectivity index (χ0n) is 15.3. The number of nitrogens with one attached hydrogen (secondary N) is 1. The molecular formula is C22H14N2O4S. The molecule has 29 heavy (non-hydrogen) atoms. The number of methoxy groups -OCH3 is 1. The number of rotatable bonds is 4. The van der Waals surface area contributed by atoms with E-state index in [0.717, 1.165) is 15.8 Å². The van der Waals surface area contributed by atoms with Gasteiger partial charge in [-0.3, -0.25) is 14.2 Å². The molecule has 2 aromatic heterocycles. The topological polar surface area (TPSA) is 77.4 Å². The highest BCUT2D eigenvalue weighted by Crippen LogP contribution is 2.39. The lowest BCUT2D eigenvalue weighted by molar-refractivity contribution is 0.0606. The zero-order chi connectivity index (χ0) is 20.1. The van der Waals surface area contributed by atoms with Gasteiger partial charge < -0.3 is 10.1 Å². The summed E-state index contributed by atoms with van der Waals surface area (Å²) in [5.41, 5.74) is 0.303. The first-order valence-electron chi connectivity index (χ1n) is 8.87. The third-order valence-corrected chi connectivity index (χ3v) is 6.04. The van der Waals surface area contributed by atoms with Crippen molar-refractivity contribution in [2.75, 3.05) is 12.4 Å². The van der Waals surface area contributed by atoms with Crippen LogP contribution in [0.3, 0.4) is 0 Å². The first kappa shape index (κ1) is 17.4. The van der Waals surface area contributed by atoms with Crippen LogP contribution >= 0.6 is 11.3 Å². The van der Waals surface area contributed by atoms with Crippen LogP contribution in [0.5, 0.6) is 0 Å². The van der Waals surface area contributed by atoms with Gasteiger partial charge in [0.1, 0.15) is 10.7 Å². The number of ether oxygens (including phenoxy) is 1. The van der Waals surface area contributed by atoms with Gasteiger partial charge in [0.15, 0.2) is 0 Å². The number of thiophene rings is 1.